The van der Waals surface area contributed by atoms with Crippen molar-refractivity contribution in [2.75, 3.05) is 12.4 Å². The van der Waals surface area contributed by atoms with Gasteiger partial charge in [0.25, 0.3) is 0 Å². The van der Waals surface area contributed by atoms with E-state index in [1.807, 2.05) is 45.0 Å². The molecule has 4 rings (SSSR count). The summed E-state index contributed by atoms with van der Waals surface area (Å²) in [6.45, 7) is 5.88. The van der Waals surface area contributed by atoms with Gasteiger partial charge in [0, 0.05) is 23.2 Å². The maximum Gasteiger partial charge on any atom is 0.163 e. The molecule has 2 aromatic heterocycles. The van der Waals surface area contributed by atoms with Crippen molar-refractivity contribution < 1.29 is 19.1 Å². The second-order valence-corrected chi connectivity index (χ2v) is 6.96. The summed E-state index contributed by atoms with van der Waals surface area (Å²) in [6, 6.07) is 9.01. The summed E-state index contributed by atoms with van der Waals surface area (Å²) in [5, 5.41) is 17.9. The lowest BCUT2D eigenvalue weighted by Gasteiger charge is -2.14. The molecular weight excluding hydrogens is 384 g/mol. The zero-order valence-corrected chi connectivity index (χ0v) is 17.2. The van der Waals surface area contributed by atoms with Gasteiger partial charge in [-0.1, -0.05) is 11.2 Å². The topological polar surface area (TPSA) is 103 Å². The molecule has 0 aliphatic carbocycles. The van der Waals surface area contributed by atoms with Crippen LogP contribution in [-0.4, -0.2) is 27.3 Å². The van der Waals surface area contributed by atoms with Crippen LogP contribution in [-0.2, 0) is 6.61 Å². The molecule has 4 aromatic rings. The fourth-order valence-corrected chi connectivity index (χ4v) is 3.12. The van der Waals surface area contributed by atoms with Crippen LogP contribution in [0.4, 0.5) is 11.5 Å². The number of rotatable bonds is 6. The summed E-state index contributed by atoms with van der Waals surface area (Å²) >= 11 is 0. The Hall–Kier alpha value is -3.81. The van der Waals surface area contributed by atoms with Gasteiger partial charge < -0.3 is 24.4 Å². The summed E-state index contributed by atoms with van der Waals surface area (Å²) in [5.41, 5.74) is 3.91. The molecule has 0 atom stereocenters. The number of phenols is 1. The molecule has 154 valence electrons. The molecule has 2 heterocycles. The van der Waals surface area contributed by atoms with E-state index in [4.69, 9.17) is 14.0 Å². The third-order valence-electron chi connectivity index (χ3n) is 4.95. The highest BCUT2D eigenvalue weighted by Crippen LogP contribution is 2.35. The van der Waals surface area contributed by atoms with Gasteiger partial charge in [0.1, 0.15) is 30.3 Å². The Morgan fingerprint density at radius 3 is 2.60 bits per heavy atom. The molecule has 8 heteroatoms. The molecule has 0 bridgehead atoms. The second kappa shape index (κ2) is 7.90. The number of hydrogen-bond acceptors (Lipinski definition) is 8. The van der Waals surface area contributed by atoms with Crippen molar-refractivity contribution in [1.29, 1.82) is 0 Å². The van der Waals surface area contributed by atoms with Gasteiger partial charge in [-0.3, -0.25) is 0 Å². The van der Waals surface area contributed by atoms with Crippen LogP contribution >= 0.6 is 0 Å². The van der Waals surface area contributed by atoms with Gasteiger partial charge in [-0.05, 0) is 38.5 Å². The van der Waals surface area contributed by atoms with Gasteiger partial charge in [0.05, 0.1) is 23.9 Å². The van der Waals surface area contributed by atoms with Crippen molar-refractivity contribution in [1.82, 2.24) is 15.1 Å². The van der Waals surface area contributed by atoms with Crippen LogP contribution in [0.2, 0.25) is 0 Å². The number of aromatic hydroxyl groups is 1. The first-order valence-electron chi connectivity index (χ1n) is 9.40. The van der Waals surface area contributed by atoms with Crippen molar-refractivity contribution in [2.24, 2.45) is 0 Å². The Morgan fingerprint density at radius 2 is 1.90 bits per heavy atom. The fourth-order valence-electron chi connectivity index (χ4n) is 3.12. The maximum atomic E-state index is 9.97. The van der Waals surface area contributed by atoms with Crippen LogP contribution in [0.25, 0.3) is 10.9 Å². The molecule has 2 aromatic carbocycles. The number of fused-ring (bicyclic) bond motifs is 1. The molecule has 0 fully saturated rings. The molecule has 2 N–H and O–H groups in total. The third kappa shape index (κ3) is 3.71. The van der Waals surface area contributed by atoms with E-state index in [1.54, 1.807) is 13.2 Å². The Balaban J connectivity index is 1.67. The average Bonchev–Trinajstić information content (AvgIpc) is 3.06. The number of aryl methyl sites for hydroxylation is 3. The van der Waals surface area contributed by atoms with Gasteiger partial charge in [-0.15, -0.1) is 0 Å². The summed E-state index contributed by atoms with van der Waals surface area (Å²) in [7, 11) is 1.58. The maximum absolute atomic E-state index is 9.97. The highest BCUT2D eigenvalue weighted by Gasteiger charge is 2.15. The van der Waals surface area contributed by atoms with Crippen molar-refractivity contribution in [3.63, 3.8) is 0 Å². The summed E-state index contributed by atoms with van der Waals surface area (Å²) in [5.74, 6) is 2.65. The lowest BCUT2D eigenvalue weighted by Crippen LogP contribution is -2.01. The van der Waals surface area contributed by atoms with Gasteiger partial charge in [-0.25, -0.2) is 9.97 Å². The minimum atomic E-state index is 0.214. The number of phenolic OH excluding ortho intramolecular Hbond substituents is 1. The van der Waals surface area contributed by atoms with E-state index in [0.29, 0.717) is 29.4 Å². The quantitative estimate of drug-likeness (QED) is 0.480. The van der Waals surface area contributed by atoms with E-state index >= 15 is 0 Å². The second-order valence-electron chi connectivity index (χ2n) is 6.96. The van der Waals surface area contributed by atoms with Crippen molar-refractivity contribution in [3.05, 3.63) is 59.2 Å². The standard InChI is InChI=1S/C22H22N4O4/c1-12-5-6-15(7-19(12)27)25-22-16-8-20(28-4)21(9-18(16)23-11-24-22)29-10-17-13(2)26-30-14(17)3/h5-9,11,27H,10H2,1-4H3,(H,23,24,25). The molecule has 0 aliphatic rings. The summed E-state index contributed by atoms with van der Waals surface area (Å²) in [6.07, 6.45) is 1.48. The number of methoxy groups -OCH3 is 1. The number of anilines is 2. The van der Waals surface area contributed by atoms with Crippen molar-refractivity contribution in [3.8, 4) is 17.2 Å². The molecular formula is C22H22N4O4. The summed E-state index contributed by atoms with van der Waals surface area (Å²) < 4.78 is 16.7. The molecule has 0 spiro atoms. The molecule has 0 radical (unpaired) electrons. The predicted molar refractivity (Wildman–Crippen MR) is 113 cm³/mol. The molecule has 8 nitrogen and oxygen atoms in total. The number of hydrogen-bond donors (Lipinski definition) is 2. The molecule has 0 aliphatic heterocycles. The predicted octanol–water partition coefficient (Wildman–Crippen LogP) is 4.58. The third-order valence-corrected chi connectivity index (χ3v) is 4.95. The Labute approximate surface area is 173 Å². The number of benzene rings is 2. The van der Waals surface area contributed by atoms with Crippen LogP contribution in [0.15, 0.2) is 41.2 Å². The number of aromatic nitrogens is 3. The smallest absolute Gasteiger partial charge is 0.163 e. The molecule has 0 unspecified atom stereocenters. The van der Waals surface area contributed by atoms with Crippen molar-refractivity contribution >= 4 is 22.4 Å². The van der Waals surface area contributed by atoms with E-state index in [1.165, 1.54) is 6.33 Å². The Bertz CT molecular complexity index is 1200. The monoisotopic (exact) mass is 406 g/mol. The molecule has 0 amide bonds. The van der Waals surface area contributed by atoms with Crippen LogP contribution < -0.4 is 14.8 Å². The normalized spacial score (nSPS) is 10.9. The fraction of sp³-hybridized carbons (Fsp3) is 0.227. The molecule has 0 saturated carbocycles. The van der Waals surface area contributed by atoms with Crippen LogP contribution in [0.1, 0.15) is 22.6 Å². The average molecular weight is 406 g/mol. The zero-order chi connectivity index (χ0) is 21.3. The Kier molecular flexibility index (Phi) is 5.14. The van der Waals surface area contributed by atoms with Crippen LogP contribution in [0.5, 0.6) is 17.2 Å². The van der Waals surface area contributed by atoms with E-state index < -0.39 is 0 Å². The first kappa shape index (κ1) is 19.5. The minimum Gasteiger partial charge on any atom is -0.508 e. The van der Waals surface area contributed by atoms with Gasteiger partial charge >= 0.3 is 0 Å². The number of nitrogens with zero attached hydrogens (tertiary/aromatic N) is 3. The molecule has 30 heavy (non-hydrogen) atoms. The number of nitrogens with one attached hydrogen (secondary N) is 1. The SMILES string of the molecule is COc1cc2c(Nc3ccc(C)c(O)c3)ncnc2cc1OCc1c(C)noc1C. The summed E-state index contributed by atoms with van der Waals surface area (Å²) in [4.78, 5) is 8.71. The van der Waals surface area contributed by atoms with Gasteiger partial charge in [0.2, 0.25) is 0 Å². The first-order chi connectivity index (χ1) is 14.5. The van der Waals surface area contributed by atoms with E-state index in [0.717, 1.165) is 33.7 Å². The minimum absolute atomic E-state index is 0.214. The Morgan fingerprint density at radius 1 is 1.07 bits per heavy atom. The largest absolute Gasteiger partial charge is 0.508 e. The van der Waals surface area contributed by atoms with Crippen molar-refractivity contribution in [2.45, 2.75) is 27.4 Å². The van der Waals surface area contributed by atoms with E-state index in [-0.39, 0.29) is 5.75 Å². The van der Waals surface area contributed by atoms with E-state index in [2.05, 4.69) is 20.4 Å². The van der Waals surface area contributed by atoms with Crippen LogP contribution in [0.3, 0.4) is 0 Å². The first-order valence-corrected chi connectivity index (χ1v) is 9.40. The zero-order valence-electron chi connectivity index (χ0n) is 17.2. The van der Waals surface area contributed by atoms with E-state index in [9.17, 15) is 5.11 Å². The lowest BCUT2D eigenvalue weighted by molar-refractivity contribution is 0.282. The highest BCUT2D eigenvalue weighted by atomic mass is 16.5. The lowest BCUT2D eigenvalue weighted by atomic mass is 10.1. The van der Waals surface area contributed by atoms with Crippen LogP contribution in [0, 0.1) is 20.8 Å². The van der Waals surface area contributed by atoms with Gasteiger partial charge in [0.15, 0.2) is 11.5 Å². The number of ether oxygens (including phenoxy) is 2. The van der Waals surface area contributed by atoms with Gasteiger partial charge in [-0.2, -0.15) is 0 Å². The molecule has 0 saturated heterocycles. The highest BCUT2D eigenvalue weighted by molar-refractivity contribution is 5.93.